The number of Topliss-reactive ketones (excluding diaryl/α,β-unsaturated/α-hetero) is 1. The lowest BCUT2D eigenvalue weighted by atomic mass is 10.1. The van der Waals surface area contributed by atoms with Gasteiger partial charge in [-0.2, -0.15) is 0 Å². The monoisotopic (exact) mass is 363 g/mol. The van der Waals surface area contributed by atoms with E-state index in [0.29, 0.717) is 11.3 Å². The number of carbonyl (C=O) groups excluding carboxylic acids is 1. The van der Waals surface area contributed by atoms with Gasteiger partial charge in [-0.1, -0.05) is 23.1 Å². The Morgan fingerprint density at radius 2 is 1.88 bits per heavy atom. The summed E-state index contributed by atoms with van der Waals surface area (Å²) >= 11 is 0. The van der Waals surface area contributed by atoms with Crippen LogP contribution in [0.25, 0.3) is 0 Å². The van der Waals surface area contributed by atoms with Crippen molar-refractivity contribution in [2.75, 3.05) is 20.7 Å². The number of nitrogens with one attached hydrogen (secondary N) is 1. The zero-order chi connectivity index (χ0) is 18.4. The number of nitrogens with zero attached hydrogens (tertiary/aromatic N) is 2. The lowest BCUT2D eigenvalue weighted by Crippen LogP contribution is -2.31. The number of hydrogen-bond acceptors (Lipinski definition) is 6. The highest BCUT2D eigenvalue weighted by Gasteiger charge is 2.19. The fourth-order valence-electron chi connectivity index (χ4n) is 2.15. The predicted molar refractivity (Wildman–Crippen MR) is 93.4 cm³/mol. The van der Waals surface area contributed by atoms with E-state index >= 15 is 0 Å². The summed E-state index contributed by atoms with van der Waals surface area (Å²) in [6, 6.07) is 11.1. The largest absolute Gasteiger partial charge is 0.299 e. The van der Waals surface area contributed by atoms with Crippen LogP contribution in [-0.2, 0) is 14.9 Å². The summed E-state index contributed by atoms with van der Waals surface area (Å²) in [7, 11) is -0.0704. The topological polar surface area (TPSA) is 88.6 Å². The number of carbonyl (C=O) groups is 1. The van der Waals surface area contributed by atoms with Crippen molar-refractivity contribution >= 4 is 15.8 Å². The molecule has 0 fully saturated rings. The second-order valence-corrected chi connectivity index (χ2v) is 7.36. The third-order valence-corrected chi connectivity index (χ3v) is 4.85. The summed E-state index contributed by atoms with van der Waals surface area (Å²) in [5.41, 5.74) is 1.20. The maximum atomic E-state index is 12.1. The maximum Gasteiger partial charge on any atom is 0.262 e. The predicted octanol–water partition coefficient (Wildman–Crippen LogP) is 1.80. The van der Waals surface area contributed by atoms with Crippen molar-refractivity contribution in [2.45, 2.75) is 17.9 Å². The Morgan fingerprint density at radius 1 is 1.20 bits per heavy atom. The van der Waals surface area contributed by atoms with Crippen LogP contribution in [0.2, 0.25) is 0 Å². The lowest BCUT2D eigenvalue weighted by Gasteiger charge is -2.23. The molecule has 1 aromatic carbocycles. The third-order valence-electron chi connectivity index (χ3n) is 3.62. The number of benzene rings is 1. The molecule has 0 radical (unpaired) electrons. The van der Waals surface area contributed by atoms with Crippen LogP contribution in [0.3, 0.4) is 0 Å². The zero-order valence-electron chi connectivity index (χ0n) is 14.3. The minimum atomic E-state index is -3.74. The molecule has 0 amide bonds. The number of hydrogen-bond donors (Lipinski definition) is 1. The Labute approximate surface area is 147 Å². The molecule has 25 heavy (non-hydrogen) atoms. The molecule has 134 valence electrons. The van der Waals surface area contributed by atoms with Crippen LogP contribution in [0.5, 0.6) is 0 Å². The van der Waals surface area contributed by atoms with Gasteiger partial charge >= 0.3 is 0 Å². The van der Waals surface area contributed by atoms with E-state index in [2.05, 4.69) is 9.87 Å². The van der Waals surface area contributed by atoms with Gasteiger partial charge in [0.15, 0.2) is 5.78 Å². The van der Waals surface area contributed by atoms with Crippen molar-refractivity contribution < 1.29 is 18.0 Å². The summed E-state index contributed by atoms with van der Waals surface area (Å²) in [4.78, 5) is 24.9. The molecule has 0 saturated heterocycles. The first kappa shape index (κ1) is 19.2. The molecule has 2 rings (SSSR count). The van der Waals surface area contributed by atoms with Crippen LogP contribution in [-0.4, -0.2) is 44.8 Å². The van der Waals surface area contributed by atoms with Crippen LogP contribution >= 0.6 is 0 Å². The number of ketones is 1. The molecular formula is C17H21N3O4S. The number of aromatic nitrogens is 1. The molecule has 1 atom stereocenters. The van der Waals surface area contributed by atoms with Gasteiger partial charge in [-0.3, -0.25) is 19.5 Å². The summed E-state index contributed by atoms with van der Waals surface area (Å²) < 4.78 is 24.3. The number of pyridine rings is 1. The van der Waals surface area contributed by atoms with Crippen molar-refractivity contribution in [3.63, 3.8) is 0 Å². The maximum absolute atomic E-state index is 12.1. The first-order valence-electron chi connectivity index (χ1n) is 7.63. The van der Waals surface area contributed by atoms with Gasteiger partial charge in [-0.05, 0) is 45.3 Å². The molecule has 0 aliphatic rings. The Hall–Kier alpha value is -2.13. The fraction of sp³-hybridized carbons (Fsp3) is 0.294. The highest BCUT2D eigenvalue weighted by atomic mass is 32.2. The third kappa shape index (κ3) is 5.17. The van der Waals surface area contributed by atoms with Crippen LogP contribution in [0, 0.1) is 0 Å². The van der Waals surface area contributed by atoms with Gasteiger partial charge in [0, 0.05) is 11.8 Å². The van der Waals surface area contributed by atoms with E-state index in [9.17, 15) is 13.2 Å². The molecule has 0 bridgehead atoms. The zero-order valence-corrected chi connectivity index (χ0v) is 15.2. The van der Waals surface area contributed by atoms with Gasteiger partial charge in [0.1, 0.15) is 0 Å². The summed E-state index contributed by atoms with van der Waals surface area (Å²) in [6.45, 7) is 1.53. The molecule has 2 aromatic rings. The van der Waals surface area contributed by atoms with Gasteiger partial charge in [0.2, 0.25) is 0 Å². The average Bonchev–Trinajstić information content (AvgIpc) is 2.59. The van der Waals surface area contributed by atoms with Gasteiger partial charge in [0.25, 0.3) is 10.0 Å². The van der Waals surface area contributed by atoms with Crippen LogP contribution < -0.4 is 4.89 Å². The normalized spacial score (nSPS) is 13.0. The van der Waals surface area contributed by atoms with Crippen molar-refractivity contribution in [1.29, 1.82) is 0 Å². The lowest BCUT2D eigenvalue weighted by molar-refractivity contribution is 0.0463. The van der Waals surface area contributed by atoms with E-state index < -0.39 is 10.0 Å². The van der Waals surface area contributed by atoms with Crippen molar-refractivity contribution in [3.8, 4) is 0 Å². The number of likely N-dealkylation sites (N-methyl/N-ethyl adjacent to an activating group) is 1. The SMILES string of the molecule is CC(=O)c1ccc(C(CONS(=O)(=O)c2ccccc2)N(C)C)nc1. The van der Waals surface area contributed by atoms with Crippen molar-refractivity contribution in [2.24, 2.45) is 0 Å². The molecule has 8 heteroatoms. The first-order chi connectivity index (χ1) is 11.8. The highest BCUT2D eigenvalue weighted by molar-refractivity contribution is 7.89. The molecule has 0 aliphatic carbocycles. The Balaban J connectivity index is 2.04. The van der Waals surface area contributed by atoms with E-state index in [1.807, 2.05) is 19.0 Å². The smallest absolute Gasteiger partial charge is 0.262 e. The number of rotatable bonds is 8. The van der Waals surface area contributed by atoms with Gasteiger partial charge < -0.3 is 0 Å². The fourth-order valence-corrected chi connectivity index (χ4v) is 2.98. The summed E-state index contributed by atoms with van der Waals surface area (Å²) in [5, 5.41) is 0. The van der Waals surface area contributed by atoms with E-state index in [1.165, 1.54) is 25.3 Å². The molecule has 1 aromatic heterocycles. The quantitative estimate of drug-likeness (QED) is 0.568. The van der Waals surface area contributed by atoms with E-state index in [1.54, 1.807) is 30.3 Å². The second kappa shape index (κ2) is 8.30. The second-order valence-electron chi connectivity index (χ2n) is 5.72. The van der Waals surface area contributed by atoms with Gasteiger partial charge in [-0.25, -0.2) is 8.42 Å². The Morgan fingerprint density at radius 3 is 2.40 bits per heavy atom. The van der Waals surface area contributed by atoms with Crippen LogP contribution in [0.4, 0.5) is 0 Å². The van der Waals surface area contributed by atoms with Gasteiger partial charge in [-0.15, -0.1) is 0 Å². The van der Waals surface area contributed by atoms with Crippen molar-refractivity contribution in [1.82, 2.24) is 14.8 Å². The average molecular weight is 363 g/mol. The van der Waals surface area contributed by atoms with E-state index in [4.69, 9.17) is 4.84 Å². The van der Waals surface area contributed by atoms with Crippen LogP contribution in [0.1, 0.15) is 29.0 Å². The number of sulfonamides is 1. The van der Waals surface area contributed by atoms with Crippen LogP contribution in [0.15, 0.2) is 53.6 Å². The minimum Gasteiger partial charge on any atom is -0.299 e. The molecular weight excluding hydrogens is 342 g/mol. The van der Waals surface area contributed by atoms with Crippen molar-refractivity contribution in [3.05, 3.63) is 59.9 Å². The molecule has 1 N–H and O–H groups in total. The molecule has 0 aliphatic heterocycles. The highest BCUT2D eigenvalue weighted by Crippen LogP contribution is 2.17. The molecule has 1 unspecified atom stereocenters. The summed E-state index contributed by atoms with van der Waals surface area (Å²) in [6.07, 6.45) is 1.50. The Bertz CT molecular complexity index is 806. The van der Waals surface area contributed by atoms with Gasteiger partial charge in [0.05, 0.1) is 23.2 Å². The Kier molecular flexibility index (Phi) is 6.38. The van der Waals surface area contributed by atoms with E-state index in [0.717, 1.165) is 0 Å². The summed E-state index contributed by atoms with van der Waals surface area (Å²) in [5.74, 6) is -0.0627. The van der Waals surface area contributed by atoms with E-state index in [-0.39, 0.29) is 23.3 Å². The molecule has 7 nitrogen and oxygen atoms in total. The first-order valence-corrected chi connectivity index (χ1v) is 9.11. The molecule has 1 heterocycles. The minimum absolute atomic E-state index is 0.0610. The standard InChI is InChI=1S/C17H21N3O4S/c1-13(21)14-9-10-16(18-11-14)17(20(2)3)12-24-19-25(22,23)15-7-5-4-6-8-15/h4-11,17,19H,12H2,1-3H3. The molecule has 0 saturated carbocycles. The molecule has 0 spiro atoms.